The smallest absolute Gasteiger partial charge is 0.262 e. The number of hydrogen-bond donors (Lipinski definition) is 1. The Balaban J connectivity index is 1.70. The molecule has 7 heteroatoms. The number of hydrogen-bond acceptors (Lipinski definition) is 5. The van der Waals surface area contributed by atoms with E-state index in [-0.39, 0.29) is 11.8 Å². The summed E-state index contributed by atoms with van der Waals surface area (Å²) in [5.74, 6) is -0.124. The van der Waals surface area contributed by atoms with Crippen molar-refractivity contribution >= 4 is 45.6 Å². The summed E-state index contributed by atoms with van der Waals surface area (Å²) < 4.78 is 0. The molecule has 4 rings (SSSR count). The third kappa shape index (κ3) is 2.10. The van der Waals surface area contributed by atoms with Gasteiger partial charge in [-0.3, -0.25) is 14.5 Å². The van der Waals surface area contributed by atoms with Crippen molar-refractivity contribution in [1.82, 2.24) is 4.98 Å². The lowest BCUT2D eigenvalue weighted by Gasteiger charge is -2.29. The first-order valence-electron chi connectivity index (χ1n) is 7.50. The molecule has 2 aliphatic rings. The minimum Gasteiger partial charge on any atom is -0.313 e. The number of aryl methyl sites for hydroxylation is 1. The summed E-state index contributed by atoms with van der Waals surface area (Å²) in [4.78, 5) is 31.5. The average Bonchev–Trinajstić information content (AvgIpc) is 3.21. The second-order valence-corrected chi connectivity index (χ2v) is 7.69. The van der Waals surface area contributed by atoms with Gasteiger partial charge in [-0.1, -0.05) is 30.8 Å². The quantitative estimate of drug-likeness (QED) is 0.927. The van der Waals surface area contributed by atoms with E-state index < -0.39 is 4.87 Å². The van der Waals surface area contributed by atoms with Crippen molar-refractivity contribution in [3.05, 3.63) is 35.5 Å². The van der Waals surface area contributed by atoms with Gasteiger partial charge in [0.15, 0.2) is 4.87 Å². The zero-order chi connectivity index (χ0) is 16.0. The molecule has 0 spiro atoms. The van der Waals surface area contributed by atoms with Gasteiger partial charge in [-0.25, -0.2) is 4.98 Å². The lowest BCUT2D eigenvalue weighted by Crippen LogP contribution is -2.49. The van der Waals surface area contributed by atoms with Crippen molar-refractivity contribution in [3.63, 3.8) is 0 Å². The molecule has 1 aromatic heterocycles. The van der Waals surface area contributed by atoms with E-state index >= 15 is 0 Å². The van der Waals surface area contributed by atoms with Crippen molar-refractivity contribution in [3.8, 4) is 0 Å². The number of nitrogens with zero attached hydrogens (tertiary/aromatic N) is 2. The summed E-state index contributed by atoms with van der Waals surface area (Å²) >= 11 is 2.90. The third-order valence-corrected chi connectivity index (χ3v) is 6.49. The normalized spacial score (nSPS) is 22.1. The van der Waals surface area contributed by atoms with Gasteiger partial charge in [0.2, 0.25) is 5.91 Å². The van der Waals surface area contributed by atoms with Gasteiger partial charge in [-0.05, 0) is 25.0 Å². The molecule has 0 unspecified atom stereocenters. The summed E-state index contributed by atoms with van der Waals surface area (Å²) in [7, 11) is 0. The van der Waals surface area contributed by atoms with Gasteiger partial charge < -0.3 is 5.32 Å². The van der Waals surface area contributed by atoms with E-state index in [1.165, 1.54) is 23.1 Å². The summed E-state index contributed by atoms with van der Waals surface area (Å²) in [6.07, 6.45) is 1.69. The van der Waals surface area contributed by atoms with Gasteiger partial charge in [-0.2, -0.15) is 0 Å². The Bertz CT molecular complexity index is 804. The molecular formula is C16H15N3O2S2. The molecule has 1 N–H and O–H groups in total. The summed E-state index contributed by atoms with van der Waals surface area (Å²) in [6.45, 7) is 2.01. The van der Waals surface area contributed by atoms with Crippen LogP contribution < -0.4 is 10.2 Å². The van der Waals surface area contributed by atoms with Crippen LogP contribution in [0.2, 0.25) is 0 Å². The Labute approximate surface area is 142 Å². The molecule has 1 aromatic carbocycles. The predicted molar refractivity (Wildman–Crippen MR) is 91.9 cm³/mol. The van der Waals surface area contributed by atoms with Crippen molar-refractivity contribution < 1.29 is 9.59 Å². The molecule has 1 fully saturated rings. The van der Waals surface area contributed by atoms with E-state index in [1.807, 2.05) is 31.2 Å². The molecule has 0 radical (unpaired) electrons. The highest BCUT2D eigenvalue weighted by atomic mass is 32.2. The Morgan fingerprint density at radius 2 is 2.26 bits per heavy atom. The van der Waals surface area contributed by atoms with Gasteiger partial charge in [0.25, 0.3) is 5.91 Å². The minimum absolute atomic E-state index is 0.0117. The molecule has 1 atom stereocenters. The SMILES string of the molecule is CCc1ncsc1NC(=O)[C@@]12CCC(=O)N1c1ccccc1S2. The molecule has 23 heavy (non-hydrogen) atoms. The maximum atomic E-state index is 13.1. The van der Waals surface area contributed by atoms with Crippen LogP contribution >= 0.6 is 23.1 Å². The molecule has 1 saturated heterocycles. The second-order valence-electron chi connectivity index (χ2n) is 5.52. The first-order valence-corrected chi connectivity index (χ1v) is 9.20. The number of amides is 2. The number of nitrogens with one attached hydrogen (secondary N) is 1. The van der Waals surface area contributed by atoms with Gasteiger partial charge in [0.1, 0.15) is 5.00 Å². The standard InChI is InChI=1S/C16H15N3O2S2/c1-2-10-14(22-9-17-10)18-15(21)16-8-7-13(20)19(16)11-5-3-4-6-12(11)23-16/h3-6,9H,2,7-8H2,1H3,(H,18,21)/t16-/m0/s1. The number of carbonyl (C=O) groups excluding carboxylic acids is 2. The molecular weight excluding hydrogens is 330 g/mol. The molecule has 118 valence electrons. The zero-order valence-corrected chi connectivity index (χ0v) is 14.2. The number of para-hydroxylation sites is 1. The predicted octanol–water partition coefficient (Wildman–Crippen LogP) is 3.27. The fourth-order valence-electron chi connectivity index (χ4n) is 3.12. The fraction of sp³-hybridized carbons (Fsp3) is 0.312. The minimum atomic E-state index is -0.865. The molecule has 3 heterocycles. The van der Waals surface area contributed by atoms with Crippen LogP contribution in [0, 0.1) is 0 Å². The molecule has 2 amide bonds. The maximum Gasteiger partial charge on any atom is 0.262 e. The number of aromatic nitrogens is 1. The van der Waals surface area contributed by atoms with E-state index in [9.17, 15) is 9.59 Å². The van der Waals surface area contributed by atoms with Crippen LogP contribution in [0.15, 0.2) is 34.7 Å². The van der Waals surface area contributed by atoms with Crippen molar-refractivity contribution in [2.24, 2.45) is 0 Å². The van der Waals surface area contributed by atoms with Crippen LogP contribution in [0.25, 0.3) is 0 Å². The van der Waals surface area contributed by atoms with Gasteiger partial charge >= 0.3 is 0 Å². The van der Waals surface area contributed by atoms with E-state index in [0.29, 0.717) is 12.8 Å². The number of thiazole rings is 1. The number of thioether (sulfide) groups is 1. The lowest BCUT2D eigenvalue weighted by atomic mass is 10.2. The molecule has 0 bridgehead atoms. The summed E-state index contributed by atoms with van der Waals surface area (Å²) in [5, 5.41) is 3.78. The Hall–Kier alpha value is -1.86. The average molecular weight is 345 g/mol. The second kappa shape index (κ2) is 5.35. The number of benzene rings is 1. The highest BCUT2D eigenvalue weighted by molar-refractivity contribution is 8.02. The number of anilines is 2. The summed E-state index contributed by atoms with van der Waals surface area (Å²) in [6, 6.07) is 7.70. The zero-order valence-electron chi connectivity index (χ0n) is 12.5. The highest BCUT2D eigenvalue weighted by Gasteiger charge is 2.57. The van der Waals surface area contributed by atoms with E-state index in [2.05, 4.69) is 10.3 Å². The van der Waals surface area contributed by atoms with Crippen LogP contribution in [-0.4, -0.2) is 21.7 Å². The number of carbonyl (C=O) groups is 2. The summed E-state index contributed by atoms with van der Waals surface area (Å²) in [5.41, 5.74) is 3.46. The van der Waals surface area contributed by atoms with Crippen molar-refractivity contribution in [1.29, 1.82) is 0 Å². The van der Waals surface area contributed by atoms with Crippen LogP contribution in [0.4, 0.5) is 10.7 Å². The topological polar surface area (TPSA) is 62.3 Å². The first kappa shape index (κ1) is 14.7. The van der Waals surface area contributed by atoms with Gasteiger partial charge in [-0.15, -0.1) is 11.3 Å². The monoisotopic (exact) mass is 345 g/mol. The van der Waals surface area contributed by atoms with Crippen LogP contribution in [0.5, 0.6) is 0 Å². The fourth-order valence-corrected chi connectivity index (χ4v) is 5.31. The van der Waals surface area contributed by atoms with Crippen LogP contribution in [0.1, 0.15) is 25.5 Å². The molecule has 2 aromatic rings. The Morgan fingerprint density at radius 1 is 1.43 bits per heavy atom. The van der Waals surface area contributed by atoms with Crippen molar-refractivity contribution in [2.45, 2.75) is 36.0 Å². The largest absolute Gasteiger partial charge is 0.313 e. The molecule has 0 saturated carbocycles. The molecule has 0 aliphatic carbocycles. The van der Waals surface area contributed by atoms with E-state index in [4.69, 9.17) is 0 Å². The Morgan fingerprint density at radius 3 is 3.09 bits per heavy atom. The van der Waals surface area contributed by atoms with Crippen LogP contribution in [0.3, 0.4) is 0 Å². The van der Waals surface area contributed by atoms with Crippen molar-refractivity contribution in [2.75, 3.05) is 10.2 Å². The first-order chi connectivity index (χ1) is 11.2. The lowest BCUT2D eigenvalue weighted by molar-refractivity contribution is -0.121. The third-order valence-electron chi connectivity index (χ3n) is 4.23. The number of rotatable bonds is 3. The van der Waals surface area contributed by atoms with Crippen LogP contribution in [-0.2, 0) is 16.0 Å². The van der Waals surface area contributed by atoms with Gasteiger partial charge in [0, 0.05) is 11.3 Å². The van der Waals surface area contributed by atoms with Gasteiger partial charge in [0.05, 0.1) is 16.9 Å². The van der Waals surface area contributed by atoms with E-state index in [0.717, 1.165) is 27.7 Å². The maximum absolute atomic E-state index is 13.1. The number of fused-ring (bicyclic) bond motifs is 3. The Kier molecular flexibility index (Phi) is 3.42. The van der Waals surface area contributed by atoms with E-state index in [1.54, 1.807) is 10.4 Å². The molecule has 2 aliphatic heterocycles. The molecule has 5 nitrogen and oxygen atoms in total. The highest BCUT2D eigenvalue weighted by Crippen LogP contribution is 2.56.